The van der Waals surface area contributed by atoms with E-state index in [2.05, 4.69) is 10.4 Å². The van der Waals surface area contributed by atoms with Crippen LogP contribution < -0.4 is 5.32 Å². The molecule has 0 spiro atoms. The third kappa shape index (κ3) is 4.20. The zero-order valence-corrected chi connectivity index (χ0v) is 13.7. The van der Waals surface area contributed by atoms with Gasteiger partial charge >= 0.3 is 5.97 Å². The Morgan fingerprint density at radius 3 is 2.86 bits per heavy atom. The number of aryl methyl sites for hydroxylation is 1. The predicted molar refractivity (Wildman–Crippen MR) is 82.4 cm³/mol. The fourth-order valence-corrected chi connectivity index (χ4v) is 2.57. The van der Waals surface area contributed by atoms with Gasteiger partial charge in [-0.3, -0.25) is 14.8 Å². The molecule has 1 atom stereocenters. The molecule has 1 saturated carbocycles. The van der Waals surface area contributed by atoms with Gasteiger partial charge in [-0.05, 0) is 46.5 Å². The molecule has 2 rings (SSSR count). The van der Waals surface area contributed by atoms with Crippen LogP contribution in [0.5, 0.6) is 0 Å². The third-order valence-electron chi connectivity index (χ3n) is 3.92. The number of aromatic nitrogens is 2. The lowest BCUT2D eigenvalue weighted by Gasteiger charge is -2.28. The first-order valence-electron chi connectivity index (χ1n) is 7.59. The van der Waals surface area contributed by atoms with Gasteiger partial charge in [0.05, 0.1) is 23.5 Å². The van der Waals surface area contributed by atoms with E-state index in [0.717, 1.165) is 37.9 Å². The summed E-state index contributed by atoms with van der Waals surface area (Å²) in [5.41, 5.74) is 0.354. The molecular formula is C15H24ClN3O2. The molecule has 6 heteroatoms. The van der Waals surface area contributed by atoms with Crippen LogP contribution in [0, 0.1) is 6.92 Å². The molecule has 1 N–H and O–H groups in total. The molecular weight excluding hydrogens is 290 g/mol. The van der Waals surface area contributed by atoms with Gasteiger partial charge in [-0.1, -0.05) is 11.6 Å². The zero-order chi connectivity index (χ0) is 15.5. The lowest BCUT2D eigenvalue weighted by atomic mass is 9.95. The summed E-state index contributed by atoms with van der Waals surface area (Å²) in [4.78, 5) is 12.2. The second kappa shape index (κ2) is 6.79. The van der Waals surface area contributed by atoms with Gasteiger partial charge in [0, 0.05) is 12.6 Å². The van der Waals surface area contributed by atoms with E-state index in [1.165, 1.54) is 0 Å². The Hall–Kier alpha value is -1.07. The van der Waals surface area contributed by atoms with Crippen LogP contribution in [-0.4, -0.2) is 33.9 Å². The van der Waals surface area contributed by atoms with Gasteiger partial charge in [0.25, 0.3) is 0 Å². The Labute approximate surface area is 131 Å². The van der Waals surface area contributed by atoms with Crippen LogP contribution >= 0.6 is 11.6 Å². The maximum Gasteiger partial charge on any atom is 0.326 e. The van der Waals surface area contributed by atoms with E-state index >= 15 is 0 Å². The summed E-state index contributed by atoms with van der Waals surface area (Å²) in [6.45, 7) is 6.88. The average Bonchev–Trinajstić information content (AvgIpc) is 3.19. The molecule has 0 amide bonds. The van der Waals surface area contributed by atoms with Crippen molar-refractivity contribution in [3.05, 3.63) is 16.9 Å². The van der Waals surface area contributed by atoms with Crippen molar-refractivity contribution in [1.29, 1.82) is 0 Å². The number of nitrogens with zero attached hydrogens (tertiary/aromatic N) is 2. The SMILES string of the molecule is CCOC(=O)C(C)(CCCn1ncc(Cl)c1C)NC1CC1. The van der Waals surface area contributed by atoms with Gasteiger partial charge in [-0.2, -0.15) is 5.10 Å². The summed E-state index contributed by atoms with van der Waals surface area (Å²) >= 11 is 6.00. The normalized spacial score (nSPS) is 17.5. The Morgan fingerprint density at radius 2 is 2.33 bits per heavy atom. The molecule has 0 aromatic carbocycles. The fraction of sp³-hybridized carbons (Fsp3) is 0.733. The van der Waals surface area contributed by atoms with Gasteiger partial charge < -0.3 is 4.74 Å². The van der Waals surface area contributed by atoms with Crippen molar-refractivity contribution < 1.29 is 9.53 Å². The standard InChI is InChI=1S/C15H24ClN3O2/c1-4-21-14(20)15(3,18-12-6-7-12)8-5-9-19-11(2)13(16)10-17-19/h10,12,18H,4-9H2,1-3H3. The number of halogens is 1. The minimum Gasteiger partial charge on any atom is -0.465 e. The summed E-state index contributed by atoms with van der Waals surface area (Å²) in [6, 6.07) is 0.459. The summed E-state index contributed by atoms with van der Waals surface area (Å²) in [5, 5.41) is 8.35. The largest absolute Gasteiger partial charge is 0.465 e. The maximum absolute atomic E-state index is 12.2. The van der Waals surface area contributed by atoms with E-state index in [0.29, 0.717) is 17.7 Å². The molecule has 1 aliphatic rings. The minimum atomic E-state index is -0.609. The summed E-state index contributed by atoms with van der Waals surface area (Å²) in [5.74, 6) is -0.160. The molecule has 1 unspecified atom stereocenters. The third-order valence-corrected chi connectivity index (χ3v) is 4.29. The first kappa shape index (κ1) is 16.3. The topological polar surface area (TPSA) is 56.2 Å². The second-order valence-electron chi connectivity index (χ2n) is 5.88. The monoisotopic (exact) mass is 313 g/mol. The second-order valence-corrected chi connectivity index (χ2v) is 6.28. The quantitative estimate of drug-likeness (QED) is 0.750. The van der Waals surface area contributed by atoms with E-state index in [1.54, 1.807) is 6.20 Å². The Bertz CT molecular complexity index is 499. The Morgan fingerprint density at radius 1 is 1.62 bits per heavy atom. The first-order valence-corrected chi connectivity index (χ1v) is 7.97. The van der Waals surface area contributed by atoms with Crippen LogP contribution in [0.3, 0.4) is 0 Å². The number of hydrogen-bond acceptors (Lipinski definition) is 4. The molecule has 1 heterocycles. The highest BCUT2D eigenvalue weighted by molar-refractivity contribution is 6.31. The van der Waals surface area contributed by atoms with Crippen molar-refractivity contribution in [2.75, 3.05) is 6.61 Å². The fourth-order valence-electron chi connectivity index (χ4n) is 2.43. The predicted octanol–water partition coefficient (Wildman–Crippen LogP) is 2.70. The van der Waals surface area contributed by atoms with Crippen LogP contribution in [0.15, 0.2) is 6.20 Å². The van der Waals surface area contributed by atoms with E-state index in [4.69, 9.17) is 16.3 Å². The van der Waals surface area contributed by atoms with Gasteiger partial charge in [-0.25, -0.2) is 0 Å². The van der Waals surface area contributed by atoms with Gasteiger partial charge in [-0.15, -0.1) is 0 Å². The van der Waals surface area contributed by atoms with Crippen molar-refractivity contribution in [1.82, 2.24) is 15.1 Å². The average molecular weight is 314 g/mol. The molecule has 5 nitrogen and oxygen atoms in total. The highest BCUT2D eigenvalue weighted by atomic mass is 35.5. The molecule has 1 aliphatic carbocycles. The maximum atomic E-state index is 12.2. The van der Waals surface area contributed by atoms with Gasteiger partial charge in [0.2, 0.25) is 0 Å². The molecule has 21 heavy (non-hydrogen) atoms. The van der Waals surface area contributed by atoms with E-state index in [9.17, 15) is 4.79 Å². The van der Waals surface area contributed by atoms with Gasteiger partial charge in [0.1, 0.15) is 5.54 Å². The smallest absolute Gasteiger partial charge is 0.326 e. The Kier molecular flexibility index (Phi) is 5.27. The van der Waals surface area contributed by atoms with Crippen LogP contribution in [0.25, 0.3) is 0 Å². The molecule has 1 aromatic heterocycles. The lowest BCUT2D eigenvalue weighted by Crippen LogP contribution is -2.51. The number of carbonyl (C=O) groups is 1. The molecule has 0 aliphatic heterocycles. The number of nitrogens with one attached hydrogen (secondary N) is 1. The minimum absolute atomic E-state index is 0.160. The number of carbonyl (C=O) groups excluding carboxylic acids is 1. The molecule has 0 bridgehead atoms. The lowest BCUT2D eigenvalue weighted by molar-refractivity contribution is -0.151. The summed E-state index contributed by atoms with van der Waals surface area (Å²) in [7, 11) is 0. The van der Waals surface area contributed by atoms with Crippen LogP contribution in [0.2, 0.25) is 5.02 Å². The molecule has 118 valence electrons. The van der Waals surface area contributed by atoms with Crippen molar-refractivity contribution >= 4 is 17.6 Å². The van der Waals surface area contributed by atoms with Crippen molar-refractivity contribution in [2.24, 2.45) is 0 Å². The van der Waals surface area contributed by atoms with Crippen LogP contribution in [0.4, 0.5) is 0 Å². The van der Waals surface area contributed by atoms with Crippen LogP contribution in [0.1, 0.15) is 45.2 Å². The number of hydrogen-bond donors (Lipinski definition) is 1. The highest BCUT2D eigenvalue weighted by Gasteiger charge is 2.39. The number of rotatable bonds is 8. The first-order chi connectivity index (χ1) is 9.96. The van der Waals surface area contributed by atoms with E-state index < -0.39 is 5.54 Å². The zero-order valence-electron chi connectivity index (χ0n) is 13.0. The van der Waals surface area contributed by atoms with Crippen molar-refractivity contribution in [3.8, 4) is 0 Å². The van der Waals surface area contributed by atoms with E-state index in [1.807, 2.05) is 25.5 Å². The van der Waals surface area contributed by atoms with Crippen LogP contribution in [-0.2, 0) is 16.1 Å². The Balaban J connectivity index is 1.92. The van der Waals surface area contributed by atoms with E-state index in [-0.39, 0.29) is 5.97 Å². The number of esters is 1. The molecule has 1 fully saturated rings. The molecule has 0 radical (unpaired) electrons. The molecule has 1 aromatic rings. The molecule has 0 saturated heterocycles. The summed E-state index contributed by atoms with van der Waals surface area (Å²) in [6.07, 6.45) is 5.50. The van der Waals surface area contributed by atoms with Crippen molar-refractivity contribution in [2.45, 2.75) is 64.6 Å². The van der Waals surface area contributed by atoms with Gasteiger partial charge in [0.15, 0.2) is 0 Å². The summed E-state index contributed by atoms with van der Waals surface area (Å²) < 4.78 is 7.10. The highest BCUT2D eigenvalue weighted by Crippen LogP contribution is 2.26. The van der Waals surface area contributed by atoms with Crippen molar-refractivity contribution in [3.63, 3.8) is 0 Å². The number of ether oxygens (including phenoxy) is 1.